The van der Waals surface area contributed by atoms with E-state index in [1.807, 2.05) is 24.3 Å². The third-order valence-corrected chi connectivity index (χ3v) is 5.11. The second-order valence-corrected chi connectivity index (χ2v) is 8.62. The molecule has 0 unspecified atom stereocenters. The summed E-state index contributed by atoms with van der Waals surface area (Å²) >= 11 is 0. The van der Waals surface area contributed by atoms with Crippen LogP contribution in [0, 0.1) is 0 Å². The third kappa shape index (κ3) is 3.90. The Kier molecular flexibility index (Phi) is 6.05. The Morgan fingerprint density at radius 1 is 0.462 bits per heavy atom. The smallest absolute Gasteiger partial charge is 0.116 e. The van der Waals surface area contributed by atoms with Crippen LogP contribution in [0.1, 0.15) is 101 Å². The largest absolute Gasteiger partial charge is 0.508 e. The molecule has 0 spiro atoms. The maximum atomic E-state index is 10.3. The van der Waals surface area contributed by atoms with E-state index in [9.17, 15) is 10.2 Å². The predicted molar refractivity (Wildman–Crippen MR) is 112 cm³/mol. The van der Waals surface area contributed by atoms with E-state index in [4.69, 9.17) is 0 Å². The normalized spacial score (nSPS) is 12.0. The molecule has 2 N–H and O–H groups in total. The third-order valence-electron chi connectivity index (χ3n) is 5.11. The van der Waals surface area contributed by atoms with Crippen molar-refractivity contribution in [3.05, 3.63) is 46.5 Å². The van der Waals surface area contributed by atoms with Gasteiger partial charge in [0.15, 0.2) is 0 Å². The summed E-state index contributed by atoms with van der Waals surface area (Å²) in [7, 11) is 0. The molecule has 0 aliphatic rings. The van der Waals surface area contributed by atoms with Gasteiger partial charge in [-0.1, -0.05) is 55.4 Å². The van der Waals surface area contributed by atoms with Crippen molar-refractivity contribution in [2.24, 2.45) is 0 Å². The minimum atomic E-state index is 0.295. The molecule has 2 aromatic rings. The van der Waals surface area contributed by atoms with Crippen molar-refractivity contribution in [3.63, 3.8) is 0 Å². The minimum Gasteiger partial charge on any atom is -0.508 e. The molecule has 26 heavy (non-hydrogen) atoms. The number of phenols is 2. The van der Waals surface area contributed by atoms with Crippen molar-refractivity contribution in [2.45, 2.75) is 79.1 Å². The van der Waals surface area contributed by atoms with Crippen molar-refractivity contribution >= 4 is 0 Å². The summed E-state index contributed by atoms with van der Waals surface area (Å²) in [5.74, 6) is 1.84. The fourth-order valence-corrected chi connectivity index (χ4v) is 3.74. The van der Waals surface area contributed by atoms with Gasteiger partial charge in [-0.25, -0.2) is 0 Å². The van der Waals surface area contributed by atoms with Crippen molar-refractivity contribution in [2.75, 3.05) is 0 Å². The molecule has 0 fully saturated rings. The number of hydrogen-bond donors (Lipinski definition) is 2. The molecule has 0 amide bonds. The molecular formula is C24H34O2. The molecule has 0 saturated carbocycles. The van der Waals surface area contributed by atoms with Gasteiger partial charge in [-0.3, -0.25) is 0 Å². The molecule has 0 aliphatic heterocycles. The Hall–Kier alpha value is -1.96. The molecule has 0 atom stereocenters. The molecule has 0 bridgehead atoms. The van der Waals surface area contributed by atoms with Crippen LogP contribution >= 0.6 is 0 Å². The lowest BCUT2D eigenvalue weighted by Crippen LogP contribution is -2.06. The van der Waals surface area contributed by atoms with Crippen LogP contribution in [0.4, 0.5) is 0 Å². The Morgan fingerprint density at radius 3 is 0.808 bits per heavy atom. The van der Waals surface area contributed by atoms with Crippen molar-refractivity contribution < 1.29 is 10.2 Å². The van der Waals surface area contributed by atoms with Crippen molar-refractivity contribution in [3.8, 4) is 22.6 Å². The molecule has 2 rings (SSSR count). The molecule has 2 aromatic carbocycles. The van der Waals surface area contributed by atoms with Gasteiger partial charge in [0.25, 0.3) is 0 Å². The molecule has 2 heteroatoms. The van der Waals surface area contributed by atoms with Crippen molar-refractivity contribution in [1.82, 2.24) is 0 Å². The van der Waals surface area contributed by atoms with E-state index in [1.54, 1.807) is 0 Å². The summed E-state index contributed by atoms with van der Waals surface area (Å²) in [6.07, 6.45) is 0. The lowest BCUT2D eigenvalue weighted by atomic mass is 9.77. The van der Waals surface area contributed by atoms with Gasteiger partial charge in [-0.05, 0) is 81.3 Å². The van der Waals surface area contributed by atoms with Gasteiger partial charge >= 0.3 is 0 Å². The lowest BCUT2D eigenvalue weighted by Gasteiger charge is -2.27. The summed E-state index contributed by atoms with van der Waals surface area (Å²) in [6, 6.07) is 7.64. The van der Waals surface area contributed by atoms with E-state index in [0.29, 0.717) is 35.2 Å². The summed E-state index contributed by atoms with van der Waals surface area (Å²) in [6.45, 7) is 17.4. The second-order valence-electron chi connectivity index (χ2n) is 8.62. The maximum Gasteiger partial charge on any atom is 0.116 e. The first-order valence-corrected chi connectivity index (χ1v) is 9.78. The van der Waals surface area contributed by atoms with Gasteiger partial charge < -0.3 is 10.2 Å². The first-order chi connectivity index (χ1) is 12.0. The number of phenolic OH excluding ortho intramolecular Hbond substituents is 2. The topological polar surface area (TPSA) is 40.5 Å². The quantitative estimate of drug-likeness (QED) is 0.593. The van der Waals surface area contributed by atoms with Crippen LogP contribution < -0.4 is 0 Å². The zero-order valence-electron chi connectivity index (χ0n) is 17.5. The van der Waals surface area contributed by atoms with E-state index in [0.717, 1.165) is 0 Å². The van der Waals surface area contributed by atoms with Crippen LogP contribution in [0.15, 0.2) is 24.3 Å². The van der Waals surface area contributed by atoms with Gasteiger partial charge in [0.2, 0.25) is 0 Å². The molecular weight excluding hydrogens is 320 g/mol. The fourth-order valence-electron chi connectivity index (χ4n) is 3.74. The summed E-state index contributed by atoms with van der Waals surface area (Å²) in [5, 5.41) is 20.6. The van der Waals surface area contributed by atoms with Crippen LogP contribution in [0.25, 0.3) is 11.1 Å². The van der Waals surface area contributed by atoms with Crippen LogP contribution in [0.5, 0.6) is 11.5 Å². The van der Waals surface area contributed by atoms with E-state index in [2.05, 4.69) is 55.4 Å². The molecule has 0 heterocycles. The Labute approximate surface area is 158 Å². The number of benzene rings is 2. The van der Waals surface area contributed by atoms with Crippen LogP contribution in [-0.4, -0.2) is 10.2 Å². The highest BCUT2D eigenvalue weighted by Gasteiger charge is 2.24. The van der Waals surface area contributed by atoms with Gasteiger partial charge in [-0.2, -0.15) is 0 Å². The first-order valence-electron chi connectivity index (χ1n) is 9.78. The van der Waals surface area contributed by atoms with E-state index in [1.165, 1.54) is 33.4 Å². The van der Waals surface area contributed by atoms with Gasteiger partial charge in [0.05, 0.1) is 0 Å². The fraction of sp³-hybridized carbons (Fsp3) is 0.500. The zero-order chi connectivity index (χ0) is 19.8. The summed E-state index contributed by atoms with van der Waals surface area (Å²) in [5.41, 5.74) is 7.15. The number of aromatic hydroxyl groups is 2. The molecule has 0 radical (unpaired) electrons. The standard InChI is InChI=1S/C24H34O2/c1-13(2)19-9-17(25)10-20(14(3)4)23(19)24-21(15(5)6)11-18(26)12-22(24)16(7)8/h9-16,25-26H,1-8H3. The van der Waals surface area contributed by atoms with Crippen LogP contribution in [-0.2, 0) is 0 Å². The molecule has 0 aromatic heterocycles. The lowest BCUT2D eigenvalue weighted by molar-refractivity contribution is 0.471. The highest BCUT2D eigenvalue weighted by atomic mass is 16.3. The van der Waals surface area contributed by atoms with Gasteiger partial charge in [-0.15, -0.1) is 0 Å². The molecule has 142 valence electrons. The van der Waals surface area contributed by atoms with Gasteiger partial charge in [0.1, 0.15) is 11.5 Å². The van der Waals surface area contributed by atoms with Crippen LogP contribution in [0.3, 0.4) is 0 Å². The predicted octanol–water partition coefficient (Wildman–Crippen LogP) is 7.26. The number of hydrogen-bond acceptors (Lipinski definition) is 2. The molecule has 0 saturated heterocycles. The van der Waals surface area contributed by atoms with Gasteiger partial charge in [0, 0.05) is 0 Å². The Balaban J connectivity index is 3.04. The number of rotatable bonds is 5. The average Bonchev–Trinajstić information content (AvgIpc) is 2.53. The maximum absolute atomic E-state index is 10.3. The summed E-state index contributed by atoms with van der Waals surface area (Å²) in [4.78, 5) is 0. The van der Waals surface area contributed by atoms with Crippen LogP contribution in [0.2, 0.25) is 0 Å². The zero-order valence-corrected chi connectivity index (χ0v) is 17.5. The average molecular weight is 355 g/mol. The van der Waals surface area contributed by atoms with E-state index in [-0.39, 0.29) is 0 Å². The molecule has 0 aliphatic carbocycles. The second kappa shape index (κ2) is 7.73. The SMILES string of the molecule is CC(C)c1cc(O)cc(C(C)C)c1-c1c(C(C)C)cc(O)cc1C(C)C. The highest BCUT2D eigenvalue weighted by Crippen LogP contribution is 2.46. The van der Waals surface area contributed by atoms with E-state index >= 15 is 0 Å². The summed E-state index contributed by atoms with van der Waals surface area (Å²) < 4.78 is 0. The first kappa shape index (κ1) is 20.4. The van der Waals surface area contributed by atoms with E-state index < -0.39 is 0 Å². The Bertz CT molecular complexity index is 657. The van der Waals surface area contributed by atoms with Crippen molar-refractivity contribution in [1.29, 1.82) is 0 Å². The Morgan fingerprint density at radius 2 is 0.654 bits per heavy atom. The monoisotopic (exact) mass is 354 g/mol. The minimum absolute atomic E-state index is 0.295. The molecule has 2 nitrogen and oxygen atoms in total. The highest BCUT2D eigenvalue weighted by molar-refractivity contribution is 5.80.